The first-order chi connectivity index (χ1) is 13.0. The Hall–Kier alpha value is -1.90. The lowest BCUT2D eigenvalue weighted by molar-refractivity contribution is -0.135. The number of aromatic nitrogens is 2. The van der Waals surface area contributed by atoms with Crippen molar-refractivity contribution in [3.8, 4) is 0 Å². The fourth-order valence-corrected chi connectivity index (χ4v) is 3.83. The number of nitrogens with zero attached hydrogens (tertiary/aromatic N) is 4. The van der Waals surface area contributed by atoms with Crippen molar-refractivity contribution < 1.29 is 13.9 Å². The van der Waals surface area contributed by atoms with E-state index in [4.69, 9.17) is 27.1 Å². The molecular weight excluding hydrogens is 373 g/mol. The average Bonchev–Trinajstić information content (AvgIpc) is 3.02. The van der Waals surface area contributed by atoms with Gasteiger partial charge in [-0.15, -0.1) is 0 Å². The maximum atomic E-state index is 13.8. The van der Waals surface area contributed by atoms with Gasteiger partial charge in [0.05, 0.1) is 30.3 Å². The summed E-state index contributed by atoms with van der Waals surface area (Å²) in [6.45, 7) is 3.29. The van der Waals surface area contributed by atoms with E-state index in [2.05, 4.69) is 0 Å². The third-order valence-corrected chi connectivity index (χ3v) is 5.44. The van der Waals surface area contributed by atoms with Crippen molar-refractivity contribution in [2.24, 2.45) is 5.73 Å². The number of alkyl halides is 1. The number of hydrogen-bond acceptors (Lipinski definition) is 5. The van der Waals surface area contributed by atoms with Crippen LogP contribution in [0.5, 0.6) is 0 Å². The molecule has 2 aliphatic rings. The highest BCUT2D eigenvalue weighted by Gasteiger charge is 2.30. The summed E-state index contributed by atoms with van der Waals surface area (Å²) >= 11 is 6.18. The fraction of sp³-hybridized carbons (Fsp3) is 0.556. The van der Waals surface area contributed by atoms with E-state index < -0.39 is 12.2 Å². The molecule has 7 nitrogen and oxygen atoms in total. The molecule has 0 radical (unpaired) electrons. The molecule has 0 unspecified atom stereocenters. The Morgan fingerprint density at radius 3 is 2.85 bits per heavy atom. The molecule has 2 aromatic rings. The number of nitrogens with two attached hydrogens (primary N) is 1. The lowest BCUT2D eigenvalue weighted by Crippen LogP contribution is -2.50. The van der Waals surface area contributed by atoms with Crippen LogP contribution in [0.3, 0.4) is 0 Å². The van der Waals surface area contributed by atoms with Gasteiger partial charge < -0.3 is 24.8 Å². The Labute approximate surface area is 161 Å². The van der Waals surface area contributed by atoms with Gasteiger partial charge in [0.1, 0.15) is 12.7 Å². The Bertz CT molecular complexity index is 839. The van der Waals surface area contributed by atoms with Crippen LogP contribution in [-0.2, 0) is 16.1 Å². The van der Waals surface area contributed by atoms with E-state index >= 15 is 0 Å². The van der Waals surface area contributed by atoms with Crippen LogP contribution in [0, 0.1) is 0 Å². The highest BCUT2D eigenvalue weighted by molar-refractivity contribution is 6.31. The van der Waals surface area contributed by atoms with Crippen LogP contribution >= 0.6 is 11.6 Å². The number of piperidine rings is 1. The van der Waals surface area contributed by atoms with Crippen molar-refractivity contribution in [2.75, 3.05) is 44.3 Å². The Morgan fingerprint density at radius 2 is 2.11 bits per heavy atom. The zero-order valence-electron chi connectivity index (χ0n) is 15.0. The number of imidazole rings is 1. The molecule has 0 aliphatic carbocycles. The largest absolute Gasteiger partial charge is 0.378 e. The lowest BCUT2D eigenvalue weighted by atomic mass is 10.1. The third kappa shape index (κ3) is 3.74. The second-order valence-electron chi connectivity index (χ2n) is 7.04. The molecule has 2 aliphatic heterocycles. The zero-order chi connectivity index (χ0) is 19.0. The first-order valence-corrected chi connectivity index (χ1v) is 9.56. The molecule has 0 saturated carbocycles. The molecule has 4 rings (SSSR count). The number of morpholine rings is 1. The summed E-state index contributed by atoms with van der Waals surface area (Å²) in [4.78, 5) is 21.3. The van der Waals surface area contributed by atoms with E-state index in [1.807, 2.05) is 21.6 Å². The molecule has 0 spiro atoms. The highest BCUT2D eigenvalue weighted by atomic mass is 35.5. The number of amides is 1. The number of carbonyl (C=O) groups is 1. The van der Waals surface area contributed by atoms with Gasteiger partial charge >= 0.3 is 0 Å². The van der Waals surface area contributed by atoms with Crippen LogP contribution in [0.4, 0.5) is 10.3 Å². The predicted molar refractivity (Wildman–Crippen MR) is 102 cm³/mol. The second-order valence-corrected chi connectivity index (χ2v) is 7.48. The van der Waals surface area contributed by atoms with Crippen molar-refractivity contribution in [2.45, 2.75) is 25.2 Å². The molecule has 1 aromatic carbocycles. The summed E-state index contributed by atoms with van der Waals surface area (Å²) in [7, 11) is 0. The van der Waals surface area contributed by atoms with Gasteiger partial charge in [0.25, 0.3) is 0 Å². The van der Waals surface area contributed by atoms with E-state index in [1.54, 1.807) is 11.0 Å². The van der Waals surface area contributed by atoms with Gasteiger partial charge in [-0.3, -0.25) is 4.79 Å². The number of halogens is 2. The maximum Gasteiger partial charge on any atom is 0.242 e. The molecular formula is C18H23ClFN5O2. The summed E-state index contributed by atoms with van der Waals surface area (Å²) in [6, 6.07) is 4.85. The van der Waals surface area contributed by atoms with Gasteiger partial charge in [-0.05, 0) is 24.6 Å². The first kappa shape index (κ1) is 18.5. The monoisotopic (exact) mass is 395 g/mol. The summed E-state index contributed by atoms with van der Waals surface area (Å²) in [5.74, 6) is 0.639. The number of carbonyl (C=O) groups excluding carboxylic acids is 1. The summed E-state index contributed by atoms with van der Waals surface area (Å²) in [5, 5.41) is 0.577. The smallest absolute Gasteiger partial charge is 0.242 e. The number of ether oxygens (including phenoxy) is 1. The van der Waals surface area contributed by atoms with Crippen molar-refractivity contribution >= 4 is 34.5 Å². The van der Waals surface area contributed by atoms with Crippen LogP contribution in [-0.4, -0.2) is 72.0 Å². The van der Waals surface area contributed by atoms with Crippen LogP contribution in [0.2, 0.25) is 5.02 Å². The number of rotatable bonds is 3. The van der Waals surface area contributed by atoms with Gasteiger partial charge in [-0.25, -0.2) is 9.37 Å². The first-order valence-electron chi connectivity index (χ1n) is 9.19. The standard InChI is InChI=1S/C18H23ClFN5O2/c19-12-1-2-15-16(9-12)25(11-17(26)23-5-7-27-8-6-23)18(22-15)24-4-3-13(20)14(21)10-24/h1-2,9,13-14H,3-8,10-11,21H2/t13-,14-/m1/s1. The Morgan fingerprint density at radius 1 is 1.33 bits per heavy atom. The minimum Gasteiger partial charge on any atom is -0.378 e. The minimum atomic E-state index is -1.01. The molecule has 2 atom stereocenters. The number of fused-ring (bicyclic) bond motifs is 1. The summed E-state index contributed by atoms with van der Waals surface area (Å²) < 4.78 is 21.0. The van der Waals surface area contributed by atoms with Crippen molar-refractivity contribution in [1.29, 1.82) is 0 Å². The molecule has 2 saturated heterocycles. The minimum absolute atomic E-state index is 0.00324. The maximum absolute atomic E-state index is 13.8. The second kappa shape index (κ2) is 7.61. The number of anilines is 1. The van der Waals surface area contributed by atoms with Gasteiger partial charge in [0.2, 0.25) is 11.9 Å². The number of benzene rings is 1. The van der Waals surface area contributed by atoms with Gasteiger partial charge in [-0.2, -0.15) is 0 Å². The number of hydrogen-bond donors (Lipinski definition) is 1. The van der Waals surface area contributed by atoms with E-state index in [-0.39, 0.29) is 12.5 Å². The fourth-order valence-electron chi connectivity index (χ4n) is 3.66. The molecule has 2 N–H and O–H groups in total. The van der Waals surface area contributed by atoms with Gasteiger partial charge in [0.15, 0.2) is 0 Å². The van der Waals surface area contributed by atoms with E-state index in [9.17, 15) is 9.18 Å². The zero-order valence-corrected chi connectivity index (χ0v) is 15.7. The van der Waals surface area contributed by atoms with Crippen LogP contribution in [0.1, 0.15) is 6.42 Å². The van der Waals surface area contributed by atoms with Gasteiger partial charge in [-0.1, -0.05) is 11.6 Å². The lowest BCUT2D eigenvalue weighted by Gasteiger charge is -2.34. The molecule has 1 aromatic heterocycles. The quantitative estimate of drug-likeness (QED) is 0.850. The van der Waals surface area contributed by atoms with Crippen LogP contribution in [0.25, 0.3) is 11.0 Å². The molecule has 27 heavy (non-hydrogen) atoms. The van der Waals surface area contributed by atoms with Crippen molar-refractivity contribution in [1.82, 2.24) is 14.5 Å². The summed E-state index contributed by atoms with van der Waals surface area (Å²) in [6.07, 6.45) is -0.661. The molecule has 1 amide bonds. The van der Waals surface area contributed by atoms with E-state index in [1.165, 1.54) is 0 Å². The third-order valence-electron chi connectivity index (χ3n) is 5.20. The van der Waals surface area contributed by atoms with Crippen molar-refractivity contribution in [3.63, 3.8) is 0 Å². The average molecular weight is 396 g/mol. The normalized spacial score (nSPS) is 23.8. The Balaban J connectivity index is 1.68. The topological polar surface area (TPSA) is 76.6 Å². The van der Waals surface area contributed by atoms with Crippen molar-refractivity contribution in [3.05, 3.63) is 23.2 Å². The van der Waals surface area contributed by atoms with Gasteiger partial charge in [0, 0.05) is 31.2 Å². The van der Waals surface area contributed by atoms with Crippen LogP contribution in [0.15, 0.2) is 18.2 Å². The summed E-state index contributed by atoms with van der Waals surface area (Å²) in [5.41, 5.74) is 7.47. The highest BCUT2D eigenvalue weighted by Crippen LogP contribution is 2.28. The van der Waals surface area contributed by atoms with Crippen LogP contribution < -0.4 is 10.6 Å². The molecule has 146 valence electrons. The Kier molecular flexibility index (Phi) is 5.21. The van der Waals surface area contributed by atoms with E-state index in [0.717, 1.165) is 11.0 Å². The molecule has 9 heteroatoms. The predicted octanol–water partition coefficient (Wildman–Crippen LogP) is 1.42. The molecule has 2 fully saturated rings. The van der Waals surface area contributed by atoms with E-state index in [0.29, 0.717) is 56.8 Å². The molecule has 0 bridgehead atoms. The SMILES string of the molecule is N[C@@H]1CN(c2nc3ccc(Cl)cc3n2CC(=O)N2CCOCC2)CC[C@H]1F. The molecule has 3 heterocycles.